The minimum Gasteiger partial charge on any atom is -0.366 e. The molecule has 0 aromatic heterocycles. The third-order valence-electron chi connectivity index (χ3n) is 5.62. The van der Waals surface area contributed by atoms with E-state index in [9.17, 15) is 0 Å². The second-order valence-corrected chi connectivity index (χ2v) is 6.91. The van der Waals surface area contributed by atoms with Crippen LogP contribution in [0.15, 0.2) is 42.0 Å². The second kappa shape index (κ2) is 4.32. The molecule has 1 heteroatoms. The van der Waals surface area contributed by atoms with Crippen molar-refractivity contribution in [2.24, 2.45) is 0 Å². The van der Waals surface area contributed by atoms with Crippen molar-refractivity contribution in [3.05, 3.63) is 58.7 Å². The Kier molecular flexibility index (Phi) is 2.45. The highest BCUT2D eigenvalue weighted by atomic mass is 15.0. The summed E-state index contributed by atoms with van der Waals surface area (Å²) in [5.74, 6) is 0. The van der Waals surface area contributed by atoms with Gasteiger partial charge >= 0.3 is 0 Å². The first-order valence-corrected chi connectivity index (χ1v) is 8.29. The van der Waals surface area contributed by atoms with Gasteiger partial charge in [0, 0.05) is 6.21 Å². The summed E-state index contributed by atoms with van der Waals surface area (Å²) in [5.41, 5.74) is 8.65. The molecule has 1 aliphatic carbocycles. The molecule has 0 amide bonds. The molecule has 0 N–H and O–H groups in total. The van der Waals surface area contributed by atoms with E-state index in [1.54, 1.807) is 0 Å². The molecule has 3 aromatic carbocycles. The molecule has 0 fully saturated rings. The Balaban J connectivity index is 2.08. The van der Waals surface area contributed by atoms with Crippen LogP contribution in [0.4, 0.5) is 5.69 Å². The van der Waals surface area contributed by atoms with Gasteiger partial charge in [-0.05, 0) is 64.9 Å². The van der Waals surface area contributed by atoms with Crippen LogP contribution >= 0.6 is 0 Å². The van der Waals surface area contributed by atoms with E-state index in [0.29, 0.717) is 0 Å². The molecule has 0 atom stereocenters. The van der Waals surface area contributed by atoms with Crippen LogP contribution in [0, 0.1) is 0 Å². The standard InChI is InChI=1S/C22H19N/c1-13-12-18-9-7-15-4-5-16-6-8-17-10-11-23(3)22(17)21(16)20(15)19(18)14(13)2/h4-9H,10,12H2,1-3H3. The van der Waals surface area contributed by atoms with Crippen LogP contribution in [-0.4, -0.2) is 17.8 Å². The number of hydrogen-bond donors (Lipinski definition) is 0. The number of fused-ring (bicyclic) bond motifs is 7. The Morgan fingerprint density at radius 3 is 2.30 bits per heavy atom. The third-order valence-corrected chi connectivity index (χ3v) is 5.62. The summed E-state index contributed by atoms with van der Waals surface area (Å²) in [6.07, 6.45) is 5.46. The molecule has 2 aliphatic rings. The van der Waals surface area contributed by atoms with E-state index in [1.807, 2.05) is 0 Å². The molecule has 3 aromatic rings. The summed E-state index contributed by atoms with van der Waals surface area (Å²) in [7, 11) is 2.13. The molecule has 0 unspecified atom stereocenters. The van der Waals surface area contributed by atoms with Gasteiger partial charge in [-0.1, -0.05) is 47.5 Å². The van der Waals surface area contributed by atoms with Gasteiger partial charge in [0.05, 0.1) is 5.69 Å². The fraction of sp³-hybridized carbons (Fsp3) is 0.227. The molecule has 0 saturated heterocycles. The minimum atomic E-state index is 0.918. The largest absolute Gasteiger partial charge is 0.366 e. The maximum Gasteiger partial charge on any atom is 0.105 e. The molecule has 0 saturated carbocycles. The summed E-state index contributed by atoms with van der Waals surface area (Å²) >= 11 is 0. The van der Waals surface area contributed by atoms with Gasteiger partial charge < -0.3 is 4.58 Å². The lowest BCUT2D eigenvalue weighted by Gasteiger charge is -2.16. The smallest absolute Gasteiger partial charge is 0.105 e. The Morgan fingerprint density at radius 1 is 0.870 bits per heavy atom. The predicted octanol–water partition coefficient (Wildman–Crippen LogP) is 5.12. The van der Waals surface area contributed by atoms with E-state index in [1.165, 1.54) is 55.1 Å². The van der Waals surface area contributed by atoms with Crippen molar-refractivity contribution in [3.8, 4) is 0 Å². The van der Waals surface area contributed by atoms with Gasteiger partial charge in [-0.25, -0.2) is 0 Å². The lowest BCUT2D eigenvalue weighted by Crippen LogP contribution is -1.96. The van der Waals surface area contributed by atoms with Crippen molar-refractivity contribution in [2.45, 2.75) is 26.7 Å². The summed E-state index contributed by atoms with van der Waals surface area (Å²) in [5, 5.41) is 5.51. The lowest BCUT2D eigenvalue weighted by molar-refractivity contribution is -0.394. The van der Waals surface area contributed by atoms with Gasteiger partial charge in [-0.3, -0.25) is 0 Å². The fourth-order valence-corrected chi connectivity index (χ4v) is 4.32. The fourth-order valence-electron chi connectivity index (χ4n) is 4.32. The maximum absolute atomic E-state index is 3.45. The van der Waals surface area contributed by atoms with Crippen LogP contribution in [0.25, 0.3) is 27.1 Å². The molecular weight excluding hydrogens is 278 g/mol. The summed E-state index contributed by atoms with van der Waals surface area (Å²) in [4.78, 5) is 0. The first kappa shape index (κ1) is 13.1. The van der Waals surface area contributed by atoms with Crippen molar-refractivity contribution < 1.29 is 4.58 Å². The average molecular weight is 297 g/mol. The zero-order chi connectivity index (χ0) is 15.7. The van der Waals surface area contributed by atoms with Gasteiger partial charge in [0.1, 0.15) is 7.05 Å². The maximum atomic E-state index is 3.45. The number of rotatable bonds is 0. The van der Waals surface area contributed by atoms with Gasteiger partial charge in [0.25, 0.3) is 0 Å². The average Bonchev–Trinajstić information content (AvgIpc) is 3.08. The first-order chi connectivity index (χ1) is 11.1. The SMILES string of the molecule is CC1=C(C)c2c(ccc3ccc4ccc5c(c4c23)[N+](C)=[C-]C5)C1. The number of allylic oxidation sites excluding steroid dienone is 2. The van der Waals surface area contributed by atoms with E-state index in [0.717, 1.165) is 12.8 Å². The van der Waals surface area contributed by atoms with Crippen molar-refractivity contribution >= 4 is 39.0 Å². The van der Waals surface area contributed by atoms with Gasteiger partial charge in [-0.2, -0.15) is 0 Å². The summed E-state index contributed by atoms with van der Waals surface area (Å²) in [6.45, 7) is 4.55. The third kappa shape index (κ3) is 1.60. The summed E-state index contributed by atoms with van der Waals surface area (Å²) < 4.78 is 2.19. The lowest BCUT2D eigenvalue weighted by atomic mass is 9.91. The van der Waals surface area contributed by atoms with Crippen LogP contribution in [0.5, 0.6) is 0 Å². The normalized spacial score (nSPS) is 16.2. The topological polar surface area (TPSA) is 3.01 Å². The van der Waals surface area contributed by atoms with Crippen LogP contribution in [0.1, 0.15) is 30.5 Å². The van der Waals surface area contributed by atoms with Crippen LogP contribution < -0.4 is 0 Å². The highest BCUT2D eigenvalue weighted by Gasteiger charge is 2.21. The zero-order valence-corrected chi connectivity index (χ0v) is 13.8. The highest BCUT2D eigenvalue weighted by Crippen LogP contribution is 2.44. The van der Waals surface area contributed by atoms with Crippen LogP contribution in [0.2, 0.25) is 0 Å². The van der Waals surface area contributed by atoms with Crippen molar-refractivity contribution in [1.82, 2.24) is 0 Å². The molecule has 23 heavy (non-hydrogen) atoms. The van der Waals surface area contributed by atoms with Crippen molar-refractivity contribution in [3.63, 3.8) is 0 Å². The zero-order valence-electron chi connectivity index (χ0n) is 13.8. The van der Waals surface area contributed by atoms with Gasteiger partial charge in [0.15, 0.2) is 0 Å². The molecule has 1 aliphatic heterocycles. The van der Waals surface area contributed by atoms with E-state index < -0.39 is 0 Å². The van der Waals surface area contributed by atoms with Crippen LogP contribution in [0.3, 0.4) is 0 Å². The first-order valence-electron chi connectivity index (χ1n) is 8.29. The Hall–Kier alpha value is -2.41. The molecule has 0 bridgehead atoms. The Bertz CT molecular complexity index is 1080. The molecule has 112 valence electrons. The monoisotopic (exact) mass is 297 g/mol. The van der Waals surface area contributed by atoms with Gasteiger partial charge in [0.2, 0.25) is 0 Å². The van der Waals surface area contributed by atoms with E-state index >= 15 is 0 Å². The molecule has 0 spiro atoms. The van der Waals surface area contributed by atoms with Gasteiger partial charge in [-0.15, -0.1) is 0 Å². The highest BCUT2D eigenvalue weighted by molar-refractivity contribution is 6.17. The molecule has 1 nitrogen and oxygen atoms in total. The van der Waals surface area contributed by atoms with Crippen LogP contribution in [-0.2, 0) is 12.8 Å². The molecule has 1 heterocycles. The summed E-state index contributed by atoms with van der Waals surface area (Å²) in [6, 6.07) is 13.7. The van der Waals surface area contributed by atoms with Crippen molar-refractivity contribution in [2.75, 3.05) is 7.05 Å². The number of benzene rings is 3. The predicted molar refractivity (Wildman–Crippen MR) is 98.0 cm³/mol. The Morgan fingerprint density at radius 2 is 1.52 bits per heavy atom. The molecule has 0 radical (unpaired) electrons. The van der Waals surface area contributed by atoms with Crippen molar-refractivity contribution in [1.29, 1.82) is 0 Å². The quantitative estimate of drug-likeness (QED) is 0.308. The minimum absolute atomic E-state index is 0.918. The van der Waals surface area contributed by atoms with E-state index in [-0.39, 0.29) is 0 Å². The number of nitrogens with zero attached hydrogens (tertiary/aromatic N) is 1. The van der Waals surface area contributed by atoms with E-state index in [2.05, 4.69) is 68.1 Å². The second-order valence-electron chi connectivity index (χ2n) is 6.91. The van der Waals surface area contributed by atoms with E-state index in [4.69, 9.17) is 0 Å². The molecular formula is C22H19N. The molecule has 5 rings (SSSR count). The number of hydrogen-bond acceptors (Lipinski definition) is 0. The Labute approximate surface area is 136 Å².